The van der Waals surface area contributed by atoms with Crippen LogP contribution in [0.1, 0.15) is 18.9 Å². The van der Waals surface area contributed by atoms with Crippen molar-refractivity contribution in [2.75, 3.05) is 0 Å². The minimum atomic E-state index is -5.16. The highest BCUT2D eigenvalue weighted by molar-refractivity contribution is 9.10. The first-order valence-electron chi connectivity index (χ1n) is 8.50. The maximum Gasteiger partial charge on any atom is 0.438 e. The lowest BCUT2D eigenvalue weighted by molar-refractivity contribution is -0.303. The number of nitrogens with zero attached hydrogens (tertiary/aromatic N) is 2. The lowest BCUT2D eigenvalue weighted by Crippen LogP contribution is -2.58. The molecule has 160 valence electrons. The Balaban J connectivity index is 1.93. The lowest BCUT2D eigenvalue weighted by Gasteiger charge is -2.33. The highest BCUT2D eigenvalue weighted by Crippen LogP contribution is 2.42. The van der Waals surface area contributed by atoms with Gasteiger partial charge in [0.25, 0.3) is 11.6 Å². The van der Waals surface area contributed by atoms with Gasteiger partial charge in [0.05, 0.1) is 17.2 Å². The van der Waals surface area contributed by atoms with Crippen LogP contribution in [0.3, 0.4) is 0 Å². The van der Waals surface area contributed by atoms with Crippen LogP contribution in [0.2, 0.25) is 10.0 Å². The largest absolute Gasteiger partial charge is 0.479 e. The molecule has 0 fully saturated rings. The van der Waals surface area contributed by atoms with Crippen LogP contribution in [0.4, 0.5) is 13.2 Å². The zero-order chi connectivity index (χ0) is 22.3. The molecular weight excluding hydrogens is 512 g/mol. The van der Waals surface area contributed by atoms with Crippen LogP contribution >= 0.6 is 39.1 Å². The zero-order valence-electron chi connectivity index (χ0n) is 15.3. The van der Waals surface area contributed by atoms with E-state index in [0.717, 1.165) is 0 Å². The molecule has 2 aromatic rings. The first kappa shape index (κ1) is 22.9. The Morgan fingerprint density at radius 2 is 2.00 bits per heavy atom. The molecule has 5 nitrogen and oxygen atoms in total. The summed E-state index contributed by atoms with van der Waals surface area (Å²) >= 11 is 15.0. The maximum atomic E-state index is 13.7. The maximum absolute atomic E-state index is 13.7. The van der Waals surface area contributed by atoms with Gasteiger partial charge in [-0.1, -0.05) is 51.3 Å². The van der Waals surface area contributed by atoms with Gasteiger partial charge < -0.3 is 9.84 Å². The Labute approximate surface area is 188 Å². The molecule has 0 saturated carbocycles. The van der Waals surface area contributed by atoms with Crippen LogP contribution in [0, 0.1) is 0 Å². The first-order valence-corrected chi connectivity index (χ1v) is 10.1. The van der Waals surface area contributed by atoms with Gasteiger partial charge in [0.15, 0.2) is 6.10 Å². The Kier molecular flexibility index (Phi) is 6.38. The number of hydrazone groups is 1. The monoisotopic (exact) mass is 524 g/mol. The fourth-order valence-corrected chi connectivity index (χ4v) is 3.66. The van der Waals surface area contributed by atoms with E-state index in [9.17, 15) is 23.1 Å². The third kappa shape index (κ3) is 4.44. The molecule has 1 heterocycles. The molecule has 1 amide bonds. The second-order valence-electron chi connectivity index (χ2n) is 6.53. The highest BCUT2D eigenvalue weighted by Gasteiger charge is 2.63. The summed E-state index contributed by atoms with van der Waals surface area (Å²) in [5.74, 6) is -1.14. The number of hydrogen-bond acceptors (Lipinski definition) is 4. The molecule has 1 N–H and O–H groups in total. The summed E-state index contributed by atoms with van der Waals surface area (Å²) in [5, 5.41) is 14.6. The number of hydrogen-bond donors (Lipinski definition) is 1. The summed E-state index contributed by atoms with van der Waals surface area (Å²) in [4.78, 5) is 12.8. The van der Waals surface area contributed by atoms with Crippen LogP contribution < -0.4 is 4.74 Å². The van der Waals surface area contributed by atoms with E-state index in [1.807, 2.05) is 0 Å². The van der Waals surface area contributed by atoms with E-state index in [1.54, 1.807) is 12.1 Å². The first-order chi connectivity index (χ1) is 13.9. The molecule has 0 radical (unpaired) electrons. The number of rotatable bonds is 4. The van der Waals surface area contributed by atoms with Crippen LogP contribution in [0.15, 0.2) is 52.0 Å². The molecule has 0 aromatic heterocycles. The summed E-state index contributed by atoms with van der Waals surface area (Å²) in [6.45, 7) is 1.23. The van der Waals surface area contributed by atoms with Crippen molar-refractivity contribution in [1.29, 1.82) is 0 Å². The smallest absolute Gasteiger partial charge is 0.438 e. The van der Waals surface area contributed by atoms with E-state index in [2.05, 4.69) is 21.0 Å². The van der Waals surface area contributed by atoms with Crippen molar-refractivity contribution in [3.05, 3.63) is 62.5 Å². The minimum absolute atomic E-state index is 0.0255. The van der Waals surface area contributed by atoms with Crippen molar-refractivity contribution in [2.45, 2.75) is 31.3 Å². The summed E-state index contributed by atoms with van der Waals surface area (Å²) in [5.41, 5.74) is -3.28. The van der Waals surface area contributed by atoms with Crippen LogP contribution in [-0.4, -0.2) is 39.7 Å². The van der Waals surface area contributed by atoms with Crippen molar-refractivity contribution in [3.8, 4) is 5.75 Å². The van der Waals surface area contributed by atoms with Crippen molar-refractivity contribution >= 4 is 50.8 Å². The summed E-state index contributed by atoms with van der Waals surface area (Å²) in [6, 6.07) is 10.5. The SMILES string of the molecule is CC(Oc1ccc(Cl)cc1Cl)C(=O)N1N=C(c2cccc(Br)c2)CC1(O)C(F)(F)F. The Bertz CT molecular complexity index is 1020. The topological polar surface area (TPSA) is 62.1 Å². The molecule has 11 heteroatoms. The molecule has 0 bridgehead atoms. The third-order valence-electron chi connectivity index (χ3n) is 4.35. The number of ether oxygens (including phenoxy) is 1. The third-order valence-corrected chi connectivity index (χ3v) is 5.37. The van der Waals surface area contributed by atoms with Gasteiger partial charge in [-0.2, -0.15) is 23.3 Å². The fourth-order valence-electron chi connectivity index (χ4n) is 2.81. The quantitative estimate of drug-likeness (QED) is 0.580. The molecule has 0 spiro atoms. The van der Waals surface area contributed by atoms with Gasteiger partial charge in [-0.25, -0.2) is 0 Å². The number of alkyl halides is 3. The second kappa shape index (κ2) is 8.37. The van der Waals surface area contributed by atoms with Crippen molar-refractivity contribution in [2.24, 2.45) is 5.10 Å². The summed E-state index contributed by atoms with van der Waals surface area (Å²) in [6.07, 6.45) is -7.51. The predicted molar refractivity (Wildman–Crippen MR) is 110 cm³/mol. The number of carbonyl (C=O) groups excluding carboxylic acids is 1. The van der Waals surface area contributed by atoms with Gasteiger partial charge in [-0.3, -0.25) is 4.79 Å². The molecule has 0 aliphatic carbocycles. The Morgan fingerprint density at radius 1 is 1.30 bits per heavy atom. The standard InChI is InChI=1S/C19H14BrCl2F3N2O3/c1-10(30-16-6-5-13(21)8-14(16)22)17(28)27-18(29,19(23,24)25)9-15(26-27)11-3-2-4-12(20)7-11/h2-8,10,29H,9H2,1H3. The van der Waals surface area contributed by atoms with E-state index < -0.39 is 30.3 Å². The molecule has 2 aromatic carbocycles. The number of benzene rings is 2. The molecule has 3 rings (SSSR count). The van der Waals surface area contributed by atoms with Gasteiger partial charge in [0.1, 0.15) is 5.75 Å². The molecule has 0 saturated heterocycles. The minimum Gasteiger partial charge on any atom is -0.479 e. The van der Waals surface area contributed by atoms with Gasteiger partial charge >= 0.3 is 6.18 Å². The zero-order valence-corrected chi connectivity index (χ0v) is 18.3. The molecule has 1 aliphatic rings. The average molecular weight is 526 g/mol. The van der Waals surface area contributed by atoms with Gasteiger partial charge in [0.2, 0.25) is 0 Å². The van der Waals surface area contributed by atoms with Crippen LogP contribution in [0.5, 0.6) is 5.75 Å². The predicted octanol–water partition coefficient (Wildman–Crippen LogP) is 5.41. The van der Waals surface area contributed by atoms with E-state index in [1.165, 1.54) is 37.3 Å². The lowest BCUT2D eigenvalue weighted by atomic mass is 10.0. The fraction of sp³-hybridized carbons (Fsp3) is 0.263. The van der Waals surface area contributed by atoms with E-state index in [-0.39, 0.29) is 21.5 Å². The van der Waals surface area contributed by atoms with Crippen LogP contribution in [0.25, 0.3) is 0 Å². The highest BCUT2D eigenvalue weighted by atomic mass is 79.9. The van der Waals surface area contributed by atoms with Gasteiger partial charge in [-0.05, 0) is 42.8 Å². The second-order valence-corrected chi connectivity index (χ2v) is 8.29. The Morgan fingerprint density at radius 3 is 2.60 bits per heavy atom. The van der Waals surface area contributed by atoms with Crippen molar-refractivity contribution in [3.63, 3.8) is 0 Å². The van der Waals surface area contributed by atoms with Crippen LogP contribution in [-0.2, 0) is 4.79 Å². The Hall–Kier alpha value is -1.81. The van der Waals surface area contributed by atoms with E-state index in [4.69, 9.17) is 27.9 Å². The molecule has 2 unspecified atom stereocenters. The number of carbonyl (C=O) groups is 1. The van der Waals surface area contributed by atoms with Gasteiger partial charge in [-0.15, -0.1) is 0 Å². The number of amides is 1. The van der Waals surface area contributed by atoms with E-state index >= 15 is 0 Å². The van der Waals surface area contributed by atoms with Crippen molar-refractivity contribution < 1.29 is 27.8 Å². The average Bonchev–Trinajstić information content (AvgIpc) is 3.02. The molecular formula is C19H14BrCl2F3N2O3. The molecule has 30 heavy (non-hydrogen) atoms. The van der Waals surface area contributed by atoms with Gasteiger partial charge in [0, 0.05) is 9.50 Å². The number of aliphatic hydroxyl groups is 1. The molecule has 1 aliphatic heterocycles. The number of halogens is 6. The summed E-state index contributed by atoms with van der Waals surface area (Å²) < 4.78 is 47.2. The van der Waals surface area contributed by atoms with Crippen molar-refractivity contribution in [1.82, 2.24) is 5.01 Å². The van der Waals surface area contributed by atoms with E-state index in [0.29, 0.717) is 15.1 Å². The normalized spacial score (nSPS) is 20.1. The molecule has 2 atom stereocenters. The summed E-state index contributed by atoms with van der Waals surface area (Å²) in [7, 11) is 0.